The van der Waals surface area contributed by atoms with Crippen molar-refractivity contribution in [1.29, 1.82) is 0 Å². The van der Waals surface area contributed by atoms with Gasteiger partial charge in [0.25, 0.3) is 11.8 Å². The first kappa shape index (κ1) is 19.9. The molecule has 0 atom stereocenters. The summed E-state index contributed by atoms with van der Waals surface area (Å²) < 4.78 is 0. The van der Waals surface area contributed by atoms with E-state index in [0.717, 1.165) is 17.7 Å². The fraction of sp³-hybridized carbons (Fsp3) is 0.130. The highest BCUT2D eigenvalue weighted by molar-refractivity contribution is 6.08. The Labute approximate surface area is 169 Å². The average molecular weight is 387 g/mol. The molecule has 0 saturated heterocycles. The highest BCUT2D eigenvalue weighted by Crippen LogP contribution is 2.17. The molecule has 2 aromatic carbocycles. The SMILES string of the molecule is CCc1ccccc1NC(=O)c1cncc(C(=O)Nc2cccc(C(C)=O)c2)c1. The van der Waals surface area contributed by atoms with Crippen molar-refractivity contribution >= 4 is 29.0 Å². The molecule has 0 bridgehead atoms. The number of amides is 2. The fourth-order valence-corrected chi connectivity index (χ4v) is 2.85. The standard InChI is InChI=1S/C23H21N3O3/c1-3-16-7-4-5-10-21(16)26-23(29)19-11-18(13-24-14-19)22(28)25-20-9-6-8-17(12-20)15(2)27/h4-14H,3H2,1-2H3,(H,25,28)(H,26,29). The first-order valence-corrected chi connectivity index (χ1v) is 9.24. The Bertz CT molecular complexity index is 1080. The van der Waals surface area contributed by atoms with Crippen molar-refractivity contribution in [2.45, 2.75) is 20.3 Å². The topological polar surface area (TPSA) is 88.2 Å². The Balaban J connectivity index is 1.76. The maximum Gasteiger partial charge on any atom is 0.257 e. The molecule has 146 valence electrons. The molecule has 29 heavy (non-hydrogen) atoms. The van der Waals surface area contributed by atoms with Crippen molar-refractivity contribution in [3.05, 3.63) is 89.2 Å². The van der Waals surface area contributed by atoms with Crippen LogP contribution in [0.3, 0.4) is 0 Å². The van der Waals surface area contributed by atoms with Crippen LogP contribution in [0.4, 0.5) is 11.4 Å². The van der Waals surface area contributed by atoms with E-state index in [1.54, 1.807) is 24.3 Å². The molecule has 0 aliphatic heterocycles. The van der Waals surface area contributed by atoms with Crippen LogP contribution in [-0.2, 0) is 6.42 Å². The highest BCUT2D eigenvalue weighted by atomic mass is 16.2. The van der Waals surface area contributed by atoms with Gasteiger partial charge in [-0.25, -0.2) is 0 Å². The Morgan fingerprint density at radius 2 is 1.52 bits per heavy atom. The minimum Gasteiger partial charge on any atom is -0.322 e. The zero-order valence-electron chi connectivity index (χ0n) is 16.2. The van der Waals surface area contributed by atoms with Gasteiger partial charge in [-0.2, -0.15) is 0 Å². The number of ketones is 1. The van der Waals surface area contributed by atoms with E-state index >= 15 is 0 Å². The molecule has 0 aliphatic rings. The van der Waals surface area contributed by atoms with Crippen LogP contribution >= 0.6 is 0 Å². The minimum absolute atomic E-state index is 0.0891. The van der Waals surface area contributed by atoms with E-state index in [2.05, 4.69) is 15.6 Å². The van der Waals surface area contributed by atoms with Gasteiger partial charge < -0.3 is 10.6 Å². The lowest BCUT2D eigenvalue weighted by Crippen LogP contribution is -2.17. The number of aromatic nitrogens is 1. The Hall–Kier alpha value is -3.80. The van der Waals surface area contributed by atoms with Crippen molar-refractivity contribution in [2.24, 2.45) is 0 Å². The number of Topliss-reactive ketones (excluding diaryl/α,β-unsaturated/α-hetero) is 1. The zero-order chi connectivity index (χ0) is 20.8. The van der Waals surface area contributed by atoms with Crippen molar-refractivity contribution in [3.63, 3.8) is 0 Å². The van der Waals surface area contributed by atoms with E-state index < -0.39 is 5.91 Å². The van der Waals surface area contributed by atoms with Gasteiger partial charge in [0.1, 0.15) is 0 Å². The molecule has 0 aliphatic carbocycles. The van der Waals surface area contributed by atoms with Gasteiger partial charge in [-0.15, -0.1) is 0 Å². The smallest absolute Gasteiger partial charge is 0.257 e. The molecule has 3 aromatic rings. The van der Waals surface area contributed by atoms with E-state index in [1.807, 2.05) is 31.2 Å². The lowest BCUT2D eigenvalue weighted by atomic mass is 10.1. The molecule has 6 nitrogen and oxygen atoms in total. The molecule has 1 aromatic heterocycles. The Morgan fingerprint density at radius 3 is 2.21 bits per heavy atom. The zero-order valence-corrected chi connectivity index (χ0v) is 16.2. The Kier molecular flexibility index (Phi) is 6.14. The van der Waals surface area contributed by atoms with Crippen LogP contribution in [0.25, 0.3) is 0 Å². The van der Waals surface area contributed by atoms with Crippen molar-refractivity contribution in [1.82, 2.24) is 4.98 Å². The molecule has 0 unspecified atom stereocenters. The maximum atomic E-state index is 12.6. The van der Waals surface area contributed by atoms with Gasteiger partial charge >= 0.3 is 0 Å². The number of para-hydroxylation sites is 1. The van der Waals surface area contributed by atoms with E-state index in [1.165, 1.54) is 25.4 Å². The summed E-state index contributed by atoms with van der Waals surface area (Å²) in [6, 6.07) is 15.7. The van der Waals surface area contributed by atoms with Gasteiger partial charge in [0.2, 0.25) is 0 Å². The molecular weight excluding hydrogens is 366 g/mol. The molecule has 0 fully saturated rings. The summed E-state index contributed by atoms with van der Waals surface area (Å²) in [7, 11) is 0. The largest absolute Gasteiger partial charge is 0.322 e. The number of aryl methyl sites for hydroxylation is 1. The van der Waals surface area contributed by atoms with Gasteiger partial charge in [-0.3, -0.25) is 19.4 Å². The summed E-state index contributed by atoms with van der Waals surface area (Å²) >= 11 is 0. The fourth-order valence-electron chi connectivity index (χ4n) is 2.85. The minimum atomic E-state index is -0.415. The monoisotopic (exact) mass is 387 g/mol. The van der Waals surface area contributed by atoms with Crippen LogP contribution in [0.15, 0.2) is 67.0 Å². The first-order valence-electron chi connectivity index (χ1n) is 9.24. The highest BCUT2D eigenvalue weighted by Gasteiger charge is 2.13. The van der Waals surface area contributed by atoms with Gasteiger partial charge in [0.15, 0.2) is 5.78 Å². The lowest BCUT2D eigenvalue weighted by Gasteiger charge is -2.10. The molecule has 1 heterocycles. The van der Waals surface area contributed by atoms with Gasteiger partial charge in [0, 0.05) is 29.3 Å². The first-order chi connectivity index (χ1) is 14.0. The lowest BCUT2D eigenvalue weighted by molar-refractivity contribution is 0.100. The molecule has 2 N–H and O–H groups in total. The maximum absolute atomic E-state index is 12.6. The number of pyridine rings is 1. The predicted octanol–water partition coefficient (Wildman–Crippen LogP) is 4.35. The number of nitrogens with zero attached hydrogens (tertiary/aromatic N) is 1. The van der Waals surface area contributed by atoms with Crippen LogP contribution in [0.5, 0.6) is 0 Å². The van der Waals surface area contributed by atoms with E-state index in [0.29, 0.717) is 11.3 Å². The number of carbonyl (C=O) groups is 3. The molecule has 6 heteroatoms. The van der Waals surface area contributed by atoms with Gasteiger partial charge in [-0.1, -0.05) is 37.3 Å². The summed E-state index contributed by atoms with van der Waals surface area (Å²) in [5.74, 6) is -0.845. The van der Waals surface area contributed by atoms with Crippen LogP contribution < -0.4 is 10.6 Å². The summed E-state index contributed by atoms with van der Waals surface area (Å²) in [5.41, 5.74) is 3.28. The van der Waals surface area contributed by atoms with Crippen molar-refractivity contribution < 1.29 is 14.4 Å². The summed E-state index contributed by atoms with van der Waals surface area (Å²) in [6.45, 7) is 3.47. The molecule has 2 amide bonds. The van der Waals surface area contributed by atoms with Gasteiger partial charge in [0.05, 0.1) is 11.1 Å². The van der Waals surface area contributed by atoms with Crippen LogP contribution in [-0.4, -0.2) is 22.6 Å². The van der Waals surface area contributed by atoms with Crippen LogP contribution in [0, 0.1) is 0 Å². The molecule has 0 radical (unpaired) electrons. The van der Waals surface area contributed by atoms with Gasteiger partial charge in [-0.05, 0) is 43.2 Å². The quantitative estimate of drug-likeness (QED) is 0.616. The molecular formula is C23H21N3O3. The van der Waals surface area contributed by atoms with E-state index in [4.69, 9.17) is 0 Å². The Morgan fingerprint density at radius 1 is 0.828 bits per heavy atom. The van der Waals surface area contributed by atoms with Crippen LogP contribution in [0.2, 0.25) is 0 Å². The number of rotatable bonds is 6. The summed E-state index contributed by atoms with van der Waals surface area (Å²) in [4.78, 5) is 40.7. The third-order valence-corrected chi connectivity index (χ3v) is 4.44. The molecule has 0 saturated carbocycles. The number of carbonyl (C=O) groups excluding carboxylic acids is 3. The second-order valence-electron chi connectivity index (χ2n) is 6.52. The molecule has 3 rings (SSSR count). The normalized spacial score (nSPS) is 10.3. The number of hydrogen-bond donors (Lipinski definition) is 2. The van der Waals surface area contributed by atoms with Crippen LogP contribution in [0.1, 0.15) is 50.5 Å². The van der Waals surface area contributed by atoms with Crippen molar-refractivity contribution in [2.75, 3.05) is 10.6 Å². The molecule has 0 spiro atoms. The van der Waals surface area contributed by atoms with E-state index in [-0.39, 0.29) is 22.8 Å². The number of hydrogen-bond acceptors (Lipinski definition) is 4. The average Bonchev–Trinajstić information content (AvgIpc) is 2.74. The third-order valence-electron chi connectivity index (χ3n) is 4.44. The third kappa shape index (κ3) is 4.93. The van der Waals surface area contributed by atoms with E-state index in [9.17, 15) is 14.4 Å². The second-order valence-corrected chi connectivity index (χ2v) is 6.52. The van der Waals surface area contributed by atoms with Crippen molar-refractivity contribution in [3.8, 4) is 0 Å². The predicted molar refractivity (Wildman–Crippen MR) is 112 cm³/mol. The number of nitrogens with one attached hydrogen (secondary N) is 2. The summed E-state index contributed by atoms with van der Waals surface area (Å²) in [5, 5.41) is 5.59. The summed E-state index contributed by atoms with van der Waals surface area (Å²) in [6.07, 6.45) is 3.59. The number of anilines is 2. The number of benzene rings is 2. The second kappa shape index (κ2) is 8.93.